The Morgan fingerprint density at radius 1 is 1.29 bits per heavy atom. The number of anilines is 1. The van der Waals surface area contributed by atoms with Gasteiger partial charge in [-0.3, -0.25) is 4.79 Å². The Balaban J connectivity index is 1.54. The average Bonchev–Trinajstić information content (AvgIpc) is 3.15. The van der Waals surface area contributed by atoms with Gasteiger partial charge in [-0.2, -0.15) is 0 Å². The van der Waals surface area contributed by atoms with Gasteiger partial charge in [0.2, 0.25) is 0 Å². The Hall–Kier alpha value is -1.35. The first-order valence-electron chi connectivity index (χ1n) is 8.31. The smallest absolute Gasteiger partial charge is 0.166 e. The van der Waals surface area contributed by atoms with Crippen molar-refractivity contribution in [2.75, 3.05) is 18.5 Å². The molecule has 0 aromatic heterocycles. The standard InChI is InChI=1S/C18H23NO2/c20-17(14-4-3-13-5-9-19-16(13)11-14)15-6-10-21-18(12-15)7-1-2-8-18/h3-4,11,15,19H,1-2,5-10,12H2. The fraction of sp³-hybridized carbons (Fsp3) is 0.611. The molecule has 2 fully saturated rings. The lowest BCUT2D eigenvalue weighted by Gasteiger charge is -2.37. The highest BCUT2D eigenvalue weighted by Gasteiger charge is 2.42. The van der Waals surface area contributed by atoms with Crippen LogP contribution in [0.25, 0.3) is 0 Å². The number of ketones is 1. The Labute approximate surface area is 126 Å². The number of hydrogen-bond acceptors (Lipinski definition) is 3. The molecule has 2 aliphatic heterocycles. The van der Waals surface area contributed by atoms with Crippen molar-refractivity contribution in [3.63, 3.8) is 0 Å². The molecule has 3 aliphatic rings. The molecule has 1 saturated carbocycles. The summed E-state index contributed by atoms with van der Waals surface area (Å²) in [6.45, 7) is 1.74. The van der Waals surface area contributed by atoms with Gasteiger partial charge in [-0.05, 0) is 43.7 Å². The van der Waals surface area contributed by atoms with Crippen molar-refractivity contribution in [2.24, 2.45) is 5.92 Å². The lowest BCUT2D eigenvalue weighted by atomic mass is 9.80. The molecule has 1 spiro atoms. The third kappa shape index (κ3) is 2.38. The van der Waals surface area contributed by atoms with Crippen LogP contribution in [0.1, 0.15) is 54.4 Å². The first kappa shape index (κ1) is 13.3. The van der Waals surface area contributed by atoms with Gasteiger partial charge in [0, 0.05) is 30.3 Å². The normalized spacial score (nSPS) is 26.6. The van der Waals surface area contributed by atoms with Gasteiger partial charge in [0.25, 0.3) is 0 Å². The van der Waals surface area contributed by atoms with Crippen LogP contribution in [0.4, 0.5) is 5.69 Å². The molecule has 0 amide bonds. The van der Waals surface area contributed by atoms with E-state index in [0.717, 1.165) is 56.5 Å². The molecule has 1 saturated heterocycles. The van der Waals surface area contributed by atoms with Crippen LogP contribution in [0, 0.1) is 5.92 Å². The summed E-state index contributed by atoms with van der Waals surface area (Å²) in [4.78, 5) is 12.9. The van der Waals surface area contributed by atoms with E-state index < -0.39 is 0 Å². The number of nitrogens with one attached hydrogen (secondary N) is 1. The summed E-state index contributed by atoms with van der Waals surface area (Å²) in [5.74, 6) is 0.470. The maximum atomic E-state index is 12.9. The van der Waals surface area contributed by atoms with Crippen molar-refractivity contribution in [1.29, 1.82) is 0 Å². The minimum absolute atomic E-state index is 0.0214. The van der Waals surface area contributed by atoms with Gasteiger partial charge in [0.05, 0.1) is 5.60 Å². The molecule has 0 radical (unpaired) electrons. The van der Waals surface area contributed by atoms with Gasteiger partial charge in [-0.25, -0.2) is 0 Å². The van der Waals surface area contributed by atoms with Crippen LogP contribution in [0.5, 0.6) is 0 Å². The van der Waals surface area contributed by atoms with Crippen LogP contribution in [-0.4, -0.2) is 24.5 Å². The molecule has 1 unspecified atom stereocenters. The zero-order chi connectivity index (χ0) is 14.3. The van der Waals surface area contributed by atoms with Gasteiger partial charge in [-0.15, -0.1) is 0 Å². The van der Waals surface area contributed by atoms with E-state index in [9.17, 15) is 4.79 Å². The Kier molecular flexibility index (Phi) is 3.26. The molecule has 2 heterocycles. The fourth-order valence-corrected chi connectivity index (χ4v) is 4.30. The third-order valence-electron chi connectivity index (χ3n) is 5.48. The van der Waals surface area contributed by atoms with Crippen molar-refractivity contribution in [2.45, 2.75) is 50.5 Å². The van der Waals surface area contributed by atoms with Gasteiger partial charge >= 0.3 is 0 Å². The second-order valence-electron chi connectivity index (χ2n) is 6.84. The minimum atomic E-state index is 0.0214. The van der Waals surface area contributed by atoms with E-state index in [0.29, 0.717) is 5.78 Å². The summed E-state index contributed by atoms with van der Waals surface area (Å²) >= 11 is 0. The molecule has 1 atom stereocenters. The van der Waals surface area contributed by atoms with Gasteiger partial charge in [0.15, 0.2) is 5.78 Å². The van der Waals surface area contributed by atoms with E-state index in [4.69, 9.17) is 4.74 Å². The zero-order valence-electron chi connectivity index (χ0n) is 12.5. The van der Waals surface area contributed by atoms with Crippen LogP contribution >= 0.6 is 0 Å². The van der Waals surface area contributed by atoms with E-state index in [2.05, 4.69) is 17.4 Å². The van der Waals surface area contributed by atoms with Crippen molar-refractivity contribution in [3.8, 4) is 0 Å². The van der Waals surface area contributed by atoms with Crippen LogP contribution in [0.3, 0.4) is 0 Å². The second-order valence-corrected chi connectivity index (χ2v) is 6.84. The maximum absolute atomic E-state index is 12.9. The molecule has 0 bridgehead atoms. The molecule has 112 valence electrons. The van der Waals surface area contributed by atoms with E-state index >= 15 is 0 Å². The number of ether oxygens (including phenoxy) is 1. The molecule has 1 aromatic rings. The molecule has 21 heavy (non-hydrogen) atoms. The average molecular weight is 285 g/mol. The number of rotatable bonds is 2. The Bertz CT molecular complexity index is 560. The Morgan fingerprint density at radius 2 is 2.14 bits per heavy atom. The molecule has 4 rings (SSSR count). The van der Waals surface area contributed by atoms with Gasteiger partial charge in [-0.1, -0.05) is 25.0 Å². The quantitative estimate of drug-likeness (QED) is 0.844. The van der Waals surface area contributed by atoms with Crippen LogP contribution in [-0.2, 0) is 11.2 Å². The molecule has 3 nitrogen and oxygen atoms in total. The van der Waals surface area contributed by atoms with E-state index in [-0.39, 0.29) is 11.5 Å². The molecule has 1 N–H and O–H groups in total. The molecule has 1 aliphatic carbocycles. The van der Waals surface area contributed by atoms with E-state index in [1.165, 1.54) is 18.4 Å². The van der Waals surface area contributed by atoms with Crippen LogP contribution in [0.2, 0.25) is 0 Å². The number of hydrogen-bond donors (Lipinski definition) is 1. The van der Waals surface area contributed by atoms with Crippen LogP contribution in [0.15, 0.2) is 18.2 Å². The summed E-state index contributed by atoms with van der Waals surface area (Å²) in [5, 5.41) is 3.37. The first-order valence-corrected chi connectivity index (χ1v) is 8.31. The number of benzene rings is 1. The van der Waals surface area contributed by atoms with Crippen LogP contribution < -0.4 is 5.32 Å². The molecular formula is C18H23NO2. The summed E-state index contributed by atoms with van der Waals surface area (Å²) < 4.78 is 6.05. The summed E-state index contributed by atoms with van der Waals surface area (Å²) in [6.07, 6.45) is 7.67. The largest absolute Gasteiger partial charge is 0.384 e. The second kappa shape index (κ2) is 5.13. The van der Waals surface area contributed by atoms with Crippen molar-refractivity contribution < 1.29 is 9.53 Å². The predicted molar refractivity (Wildman–Crippen MR) is 82.8 cm³/mol. The zero-order valence-corrected chi connectivity index (χ0v) is 12.5. The molecular weight excluding hydrogens is 262 g/mol. The van der Waals surface area contributed by atoms with Crippen molar-refractivity contribution in [3.05, 3.63) is 29.3 Å². The van der Waals surface area contributed by atoms with Gasteiger partial charge in [0.1, 0.15) is 0 Å². The third-order valence-corrected chi connectivity index (χ3v) is 5.48. The first-order chi connectivity index (χ1) is 10.3. The number of carbonyl (C=O) groups excluding carboxylic acids is 1. The number of fused-ring (bicyclic) bond motifs is 1. The van der Waals surface area contributed by atoms with Crippen molar-refractivity contribution in [1.82, 2.24) is 0 Å². The molecule has 3 heteroatoms. The molecule has 1 aromatic carbocycles. The Morgan fingerprint density at radius 3 is 3.00 bits per heavy atom. The highest BCUT2D eigenvalue weighted by Crippen LogP contribution is 2.43. The lowest BCUT2D eigenvalue weighted by molar-refractivity contribution is -0.0866. The SMILES string of the molecule is O=C(c1ccc2c(c1)NCC2)C1CCOC2(CCCC2)C1. The summed E-state index contributed by atoms with van der Waals surface area (Å²) in [5.41, 5.74) is 3.39. The fourth-order valence-electron chi connectivity index (χ4n) is 4.30. The number of Topliss-reactive ketones (excluding diaryl/α,β-unsaturated/α-hetero) is 1. The lowest BCUT2D eigenvalue weighted by Crippen LogP contribution is -2.39. The predicted octanol–water partition coefficient (Wildman–Crippen LogP) is 3.58. The number of carbonyl (C=O) groups is 1. The van der Waals surface area contributed by atoms with Gasteiger partial charge < -0.3 is 10.1 Å². The summed E-state index contributed by atoms with van der Waals surface area (Å²) in [7, 11) is 0. The van der Waals surface area contributed by atoms with Crippen molar-refractivity contribution >= 4 is 11.5 Å². The topological polar surface area (TPSA) is 38.3 Å². The minimum Gasteiger partial charge on any atom is -0.384 e. The maximum Gasteiger partial charge on any atom is 0.166 e. The highest BCUT2D eigenvalue weighted by atomic mass is 16.5. The monoisotopic (exact) mass is 285 g/mol. The summed E-state index contributed by atoms with van der Waals surface area (Å²) in [6, 6.07) is 6.19. The van der Waals surface area contributed by atoms with E-state index in [1.807, 2.05) is 6.07 Å². The van der Waals surface area contributed by atoms with E-state index in [1.54, 1.807) is 0 Å². The highest BCUT2D eigenvalue weighted by molar-refractivity contribution is 5.99.